The number of fused-ring (bicyclic) bond motifs is 1. The van der Waals surface area contributed by atoms with E-state index in [-0.39, 0.29) is 11.8 Å². The van der Waals surface area contributed by atoms with Crippen molar-refractivity contribution in [3.05, 3.63) is 41.1 Å². The number of anilines is 1. The van der Waals surface area contributed by atoms with Gasteiger partial charge in [-0.1, -0.05) is 44.2 Å². The quantitative estimate of drug-likeness (QED) is 0.487. The van der Waals surface area contributed by atoms with E-state index in [1.807, 2.05) is 22.9 Å². The Morgan fingerprint density at radius 2 is 2.17 bits per heavy atom. The van der Waals surface area contributed by atoms with E-state index in [1.54, 1.807) is 11.8 Å². The molecular formula is C22H28N4O2S. The number of ketones is 1. The number of hydrogen-bond donors (Lipinski definition) is 1. The first-order chi connectivity index (χ1) is 14.2. The smallest absolute Gasteiger partial charge is 0.227 e. The number of hydrogen-bond acceptors (Lipinski definition) is 6. The molecule has 1 atom stereocenters. The van der Waals surface area contributed by atoms with Crippen LogP contribution in [-0.2, 0) is 4.79 Å². The molecule has 1 N–H and O–H groups in total. The first-order valence-electron chi connectivity index (χ1n) is 10.6. The lowest BCUT2D eigenvalue weighted by Crippen LogP contribution is -2.31. The number of unbranched alkanes of at least 4 members (excludes halogenated alkanes) is 1. The highest BCUT2D eigenvalue weighted by Crippen LogP contribution is 2.41. The summed E-state index contributed by atoms with van der Waals surface area (Å²) in [4.78, 5) is 17.6. The van der Waals surface area contributed by atoms with Crippen LogP contribution >= 0.6 is 11.8 Å². The van der Waals surface area contributed by atoms with Crippen LogP contribution in [0, 0.1) is 0 Å². The first kappa shape index (κ1) is 20.0. The molecule has 1 aliphatic carbocycles. The van der Waals surface area contributed by atoms with Gasteiger partial charge in [0.05, 0.1) is 6.61 Å². The maximum atomic E-state index is 12.9. The maximum Gasteiger partial charge on any atom is 0.227 e. The molecule has 1 unspecified atom stereocenters. The Balaban J connectivity index is 1.73. The number of nitrogens with one attached hydrogen (secondary N) is 1. The van der Waals surface area contributed by atoms with Gasteiger partial charge in [0.15, 0.2) is 5.78 Å². The van der Waals surface area contributed by atoms with Crippen molar-refractivity contribution in [1.29, 1.82) is 0 Å². The van der Waals surface area contributed by atoms with Gasteiger partial charge < -0.3 is 10.1 Å². The van der Waals surface area contributed by atoms with Crippen LogP contribution in [0.2, 0.25) is 0 Å². The van der Waals surface area contributed by atoms with E-state index in [0.717, 1.165) is 71.5 Å². The Morgan fingerprint density at radius 1 is 1.28 bits per heavy atom. The number of benzene rings is 1. The summed E-state index contributed by atoms with van der Waals surface area (Å²) in [5.41, 5.74) is 2.83. The number of Topliss-reactive ketones (excluding diaryl/α,β-unsaturated/α-hetero) is 1. The number of carbonyl (C=O) groups excluding carboxylic acids is 1. The standard InChI is InChI=1S/C22H28N4O2S/c1-3-5-13-29-22-24-21-23-17-10-7-11-18(27)19(17)20(26(21)25-22)15-8-6-9-16(14-15)28-12-4-2/h6,8-9,14,20H,3-5,7,10-13H2,1-2H3,(H,23,24,25). The predicted molar refractivity (Wildman–Crippen MR) is 116 cm³/mol. The fourth-order valence-electron chi connectivity index (χ4n) is 3.81. The SMILES string of the molecule is CCCCSc1nc2n(n1)C(c1cccc(OCCC)c1)C1=C(CCCC1=O)N2. The van der Waals surface area contributed by atoms with Gasteiger partial charge >= 0.3 is 0 Å². The monoisotopic (exact) mass is 412 g/mol. The average Bonchev–Trinajstić information content (AvgIpc) is 3.13. The first-order valence-corrected chi connectivity index (χ1v) is 11.5. The van der Waals surface area contributed by atoms with E-state index in [2.05, 4.69) is 25.2 Å². The van der Waals surface area contributed by atoms with Gasteiger partial charge in [0.2, 0.25) is 11.1 Å². The molecule has 6 nitrogen and oxygen atoms in total. The van der Waals surface area contributed by atoms with Crippen LogP contribution in [0.1, 0.15) is 64.0 Å². The third-order valence-electron chi connectivity index (χ3n) is 5.22. The second-order valence-corrected chi connectivity index (χ2v) is 8.54. The third-order valence-corrected chi connectivity index (χ3v) is 6.15. The van der Waals surface area contributed by atoms with Gasteiger partial charge in [0, 0.05) is 23.4 Å². The normalized spacial score (nSPS) is 18.3. The zero-order valence-corrected chi connectivity index (χ0v) is 17.9. The van der Waals surface area contributed by atoms with Crippen molar-refractivity contribution < 1.29 is 9.53 Å². The van der Waals surface area contributed by atoms with Crippen molar-refractivity contribution in [2.75, 3.05) is 17.7 Å². The van der Waals surface area contributed by atoms with Crippen molar-refractivity contribution in [1.82, 2.24) is 14.8 Å². The van der Waals surface area contributed by atoms with E-state index < -0.39 is 0 Å². The van der Waals surface area contributed by atoms with E-state index in [0.29, 0.717) is 13.0 Å². The molecule has 1 aromatic heterocycles. The van der Waals surface area contributed by atoms with Gasteiger partial charge in [0.1, 0.15) is 11.8 Å². The van der Waals surface area contributed by atoms with E-state index in [9.17, 15) is 4.79 Å². The number of ether oxygens (including phenoxy) is 1. The van der Waals surface area contributed by atoms with Gasteiger partial charge in [-0.05, 0) is 43.4 Å². The van der Waals surface area contributed by atoms with Crippen molar-refractivity contribution >= 4 is 23.5 Å². The van der Waals surface area contributed by atoms with Crippen molar-refractivity contribution in [2.24, 2.45) is 0 Å². The summed E-state index contributed by atoms with van der Waals surface area (Å²) < 4.78 is 7.73. The Hall–Kier alpha value is -2.28. The summed E-state index contributed by atoms with van der Waals surface area (Å²) in [5.74, 6) is 2.75. The lowest BCUT2D eigenvalue weighted by molar-refractivity contribution is -0.116. The zero-order valence-electron chi connectivity index (χ0n) is 17.1. The van der Waals surface area contributed by atoms with Crippen LogP contribution in [-0.4, -0.2) is 32.9 Å². The second kappa shape index (κ2) is 9.03. The van der Waals surface area contributed by atoms with Gasteiger partial charge in [-0.3, -0.25) is 4.79 Å². The van der Waals surface area contributed by atoms with Gasteiger partial charge in [-0.2, -0.15) is 4.98 Å². The van der Waals surface area contributed by atoms with Crippen LogP contribution in [0.25, 0.3) is 0 Å². The van der Waals surface area contributed by atoms with Gasteiger partial charge in [0.25, 0.3) is 0 Å². The molecular weight excluding hydrogens is 384 g/mol. The number of allylic oxidation sites excluding steroid dienone is 2. The lowest BCUT2D eigenvalue weighted by Gasteiger charge is -2.32. The Bertz CT molecular complexity index is 921. The van der Waals surface area contributed by atoms with E-state index in [4.69, 9.17) is 14.8 Å². The lowest BCUT2D eigenvalue weighted by atomic mass is 9.85. The van der Waals surface area contributed by atoms with Crippen LogP contribution in [0.4, 0.5) is 5.95 Å². The molecule has 0 saturated carbocycles. The molecule has 0 radical (unpaired) electrons. The molecule has 2 heterocycles. The number of nitrogens with zero attached hydrogens (tertiary/aromatic N) is 3. The Labute approximate surface area is 176 Å². The molecule has 2 aliphatic rings. The highest BCUT2D eigenvalue weighted by Gasteiger charge is 2.36. The summed E-state index contributed by atoms with van der Waals surface area (Å²) in [5, 5.41) is 8.93. The molecule has 2 aromatic rings. The molecule has 29 heavy (non-hydrogen) atoms. The average molecular weight is 413 g/mol. The molecule has 1 aliphatic heterocycles. The van der Waals surface area contributed by atoms with Crippen molar-refractivity contribution in [3.8, 4) is 5.75 Å². The van der Waals surface area contributed by atoms with Gasteiger partial charge in [-0.15, -0.1) is 5.10 Å². The highest BCUT2D eigenvalue weighted by atomic mass is 32.2. The zero-order chi connectivity index (χ0) is 20.2. The highest BCUT2D eigenvalue weighted by molar-refractivity contribution is 7.99. The summed E-state index contributed by atoms with van der Waals surface area (Å²) in [6, 6.07) is 7.78. The molecule has 4 rings (SSSR count). The molecule has 0 amide bonds. The van der Waals surface area contributed by atoms with Gasteiger partial charge in [-0.25, -0.2) is 4.68 Å². The fraction of sp³-hybridized carbons (Fsp3) is 0.500. The van der Waals surface area contributed by atoms with E-state index >= 15 is 0 Å². The maximum absolute atomic E-state index is 12.9. The molecule has 7 heteroatoms. The Morgan fingerprint density at radius 3 is 3.00 bits per heavy atom. The molecule has 1 aromatic carbocycles. The topological polar surface area (TPSA) is 69.0 Å². The number of carbonyl (C=O) groups is 1. The Kier molecular flexibility index (Phi) is 6.23. The molecule has 0 bridgehead atoms. The molecule has 0 fully saturated rings. The van der Waals surface area contributed by atoms with Crippen LogP contribution in [0.3, 0.4) is 0 Å². The molecule has 0 spiro atoms. The summed E-state index contributed by atoms with van der Waals surface area (Å²) in [6.07, 6.45) is 5.58. The molecule has 154 valence electrons. The largest absolute Gasteiger partial charge is 0.494 e. The minimum Gasteiger partial charge on any atom is -0.494 e. The van der Waals surface area contributed by atoms with Crippen LogP contribution in [0.5, 0.6) is 5.75 Å². The summed E-state index contributed by atoms with van der Waals surface area (Å²) in [7, 11) is 0. The van der Waals surface area contributed by atoms with E-state index in [1.165, 1.54) is 0 Å². The summed E-state index contributed by atoms with van der Waals surface area (Å²) >= 11 is 1.67. The van der Waals surface area contributed by atoms with Crippen LogP contribution < -0.4 is 10.1 Å². The molecule has 0 saturated heterocycles. The number of aromatic nitrogens is 3. The number of rotatable bonds is 8. The minimum atomic E-state index is -0.257. The fourth-order valence-corrected chi connectivity index (χ4v) is 4.72. The second-order valence-electron chi connectivity index (χ2n) is 7.48. The van der Waals surface area contributed by atoms with Crippen molar-refractivity contribution in [2.45, 2.75) is 63.6 Å². The predicted octanol–water partition coefficient (Wildman–Crippen LogP) is 4.98. The number of thioether (sulfide) groups is 1. The van der Waals surface area contributed by atoms with Crippen LogP contribution in [0.15, 0.2) is 40.7 Å². The third kappa shape index (κ3) is 4.20. The minimum absolute atomic E-state index is 0.199. The summed E-state index contributed by atoms with van der Waals surface area (Å²) in [6.45, 7) is 4.95. The van der Waals surface area contributed by atoms with Crippen molar-refractivity contribution in [3.63, 3.8) is 0 Å².